The van der Waals surface area contributed by atoms with Gasteiger partial charge >= 0.3 is 0 Å². The highest BCUT2D eigenvalue weighted by atomic mass is 19.1. The Morgan fingerprint density at radius 2 is 2.29 bits per heavy atom. The summed E-state index contributed by atoms with van der Waals surface area (Å²) >= 11 is 0. The van der Waals surface area contributed by atoms with Crippen molar-refractivity contribution < 1.29 is 14.3 Å². The van der Waals surface area contributed by atoms with Crippen molar-refractivity contribution in [3.63, 3.8) is 0 Å². The van der Waals surface area contributed by atoms with Crippen LogP contribution in [0.3, 0.4) is 0 Å². The van der Waals surface area contributed by atoms with E-state index in [4.69, 9.17) is 0 Å². The molecule has 21 heavy (non-hydrogen) atoms. The first kappa shape index (κ1) is 13.7. The first-order valence-electron chi connectivity index (χ1n) is 6.79. The molecule has 5 heteroatoms. The Morgan fingerprint density at radius 3 is 3.05 bits per heavy atom. The number of aromatic nitrogens is 1. The summed E-state index contributed by atoms with van der Waals surface area (Å²) in [4.78, 5) is 16.1. The number of aliphatic hydroxyl groups excluding tert-OH is 1. The number of benzene rings is 1. The standard InChI is InChI=1S/C16H15FN2O2/c17-12-3-1-2-10(6-12)13-7-14(13)16(21)19-15-8-18-5-4-11(15)9-20/h1-6,8,13-14,20H,7,9H2,(H,19,21). The van der Waals surface area contributed by atoms with Crippen molar-refractivity contribution in [3.8, 4) is 0 Å². The number of nitrogens with one attached hydrogen (secondary N) is 1. The maximum absolute atomic E-state index is 13.2. The molecule has 0 saturated heterocycles. The van der Waals surface area contributed by atoms with Gasteiger partial charge in [-0.2, -0.15) is 0 Å². The van der Waals surface area contributed by atoms with E-state index in [9.17, 15) is 14.3 Å². The molecule has 0 spiro atoms. The minimum Gasteiger partial charge on any atom is -0.392 e. The van der Waals surface area contributed by atoms with E-state index in [2.05, 4.69) is 10.3 Å². The van der Waals surface area contributed by atoms with Crippen LogP contribution in [-0.2, 0) is 11.4 Å². The highest BCUT2D eigenvalue weighted by Gasteiger charge is 2.44. The van der Waals surface area contributed by atoms with E-state index < -0.39 is 0 Å². The molecule has 2 unspecified atom stereocenters. The largest absolute Gasteiger partial charge is 0.392 e. The lowest BCUT2D eigenvalue weighted by atomic mass is 10.1. The van der Waals surface area contributed by atoms with Crippen LogP contribution in [0.15, 0.2) is 42.7 Å². The molecule has 0 bridgehead atoms. The van der Waals surface area contributed by atoms with Gasteiger partial charge in [0.2, 0.25) is 5.91 Å². The minimum atomic E-state index is -0.284. The van der Waals surface area contributed by atoms with Crippen molar-refractivity contribution >= 4 is 11.6 Å². The predicted molar refractivity (Wildman–Crippen MR) is 76.0 cm³/mol. The van der Waals surface area contributed by atoms with Crippen molar-refractivity contribution in [3.05, 3.63) is 59.7 Å². The van der Waals surface area contributed by atoms with Crippen LogP contribution in [0.5, 0.6) is 0 Å². The van der Waals surface area contributed by atoms with Gasteiger partial charge in [-0.1, -0.05) is 12.1 Å². The fourth-order valence-corrected chi connectivity index (χ4v) is 2.49. The lowest BCUT2D eigenvalue weighted by molar-refractivity contribution is -0.117. The van der Waals surface area contributed by atoms with E-state index >= 15 is 0 Å². The molecule has 2 atom stereocenters. The van der Waals surface area contributed by atoms with E-state index in [1.807, 2.05) is 6.07 Å². The molecule has 108 valence electrons. The van der Waals surface area contributed by atoms with Crippen LogP contribution in [0.2, 0.25) is 0 Å². The zero-order valence-electron chi connectivity index (χ0n) is 11.3. The van der Waals surface area contributed by atoms with Crippen molar-refractivity contribution in [1.82, 2.24) is 4.98 Å². The fraction of sp³-hybridized carbons (Fsp3) is 0.250. The summed E-state index contributed by atoms with van der Waals surface area (Å²) in [5.74, 6) is -0.492. The number of carbonyl (C=O) groups is 1. The topological polar surface area (TPSA) is 62.2 Å². The number of rotatable bonds is 4. The molecule has 1 aromatic carbocycles. The van der Waals surface area contributed by atoms with Crippen molar-refractivity contribution in [2.75, 3.05) is 5.32 Å². The number of halogens is 1. The molecule has 1 aromatic heterocycles. The number of hydrogen-bond acceptors (Lipinski definition) is 3. The smallest absolute Gasteiger partial charge is 0.228 e. The van der Waals surface area contributed by atoms with Crippen LogP contribution < -0.4 is 5.32 Å². The summed E-state index contributed by atoms with van der Waals surface area (Å²) < 4.78 is 13.2. The van der Waals surface area contributed by atoms with E-state index in [0.29, 0.717) is 17.7 Å². The first-order chi connectivity index (χ1) is 10.2. The number of amides is 1. The third-order valence-corrected chi connectivity index (χ3v) is 3.74. The SMILES string of the molecule is O=C(Nc1cnccc1CO)C1CC1c1cccc(F)c1. The van der Waals surface area contributed by atoms with Gasteiger partial charge in [-0.05, 0) is 36.1 Å². The maximum atomic E-state index is 13.2. The van der Waals surface area contributed by atoms with E-state index in [1.165, 1.54) is 18.3 Å². The molecular weight excluding hydrogens is 271 g/mol. The first-order valence-corrected chi connectivity index (χ1v) is 6.79. The van der Waals surface area contributed by atoms with E-state index in [1.54, 1.807) is 18.3 Å². The molecule has 1 saturated carbocycles. The Morgan fingerprint density at radius 1 is 1.43 bits per heavy atom. The lowest BCUT2D eigenvalue weighted by Gasteiger charge is -2.08. The summed E-state index contributed by atoms with van der Waals surface area (Å²) in [6.45, 7) is -0.157. The number of nitrogens with zero attached hydrogens (tertiary/aromatic N) is 1. The van der Waals surface area contributed by atoms with Crippen LogP contribution in [-0.4, -0.2) is 16.0 Å². The molecule has 0 radical (unpaired) electrons. The Bertz CT molecular complexity index is 675. The molecule has 2 N–H and O–H groups in total. The minimum absolute atomic E-state index is 0.0648. The average molecular weight is 286 g/mol. The van der Waals surface area contributed by atoms with Gasteiger partial charge in [0.15, 0.2) is 0 Å². The van der Waals surface area contributed by atoms with Gasteiger partial charge in [-0.25, -0.2) is 4.39 Å². The second-order valence-electron chi connectivity index (χ2n) is 5.18. The highest BCUT2D eigenvalue weighted by molar-refractivity contribution is 5.95. The van der Waals surface area contributed by atoms with Gasteiger partial charge < -0.3 is 10.4 Å². The van der Waals surface area contributed by atoms with E-state index in [0.717, 1.165) is 5.56 Å². The van der Waals surface area contributed by atoms with Gasteiger partial charge in [0, 0.05) is 17.7 Å². The Labute approximate surface area is 121 Å². The number of aliphatic hydroxyl groups is 1. The fourth-order valence-electron chi connectivity index (χ4n) is 2.49. The second kappa shape index (κ2) is 5.61. The molecule has 3 rings (SSSR count). The highest BCUT2D eigenvalue weighted by Crippen LogP contribution is 2.48. The third-order valence-electron chi connectivity index (χ3n) is 3.74. The average Bonchev–Trinajstić information content (AvgIpc) is 3.28. The van der Waals surface area contributed by atoms with Gasteiger partial charge in [0.25, 0.3) is 0 Å². The van der Waals surface area contributed by atoms with Gasteiger partial charge in [0.05, 0.1) is 18.5 Å². The van der Waals surface area contributed by atoms with Crippen LogP contribution in [0, 0.1) is 11.7 Å². The zero-order chi connectivity index (χ0) is 14.8. The summed E-state index contributed by atoms with van der Waals surface area (Å²) in [5.41, 5.74) is 2.00. The number of pyridine rings is 1. The lowest BCUT2D eigenvalue weighted by Crippen LogP contribution is -2.16. The predicted octanol–water partition coefficient (Wildman–Crippen LogP) is 2.46. The monoisotopic (exact) mass is 286 g/mol. The summed E-state index contributed by atoms with van der Waals surface area (Å²) in [5, 5.41) is 12.0. The molecule has 4 nitrogen and oxygen atoms in total. The number of carbonyl (C=O) groups excluding carboxylic acids is 1. The molecule has 2 aromatic rings. The van der Waals surface area contributed by atoms with Crippen LogP contribution >= 0.6 is 0 Å². The van der Waals surface area contributed by atoms with Crippen molar-refractivity contribution in [2.45, 2.75) is 18.9 Å². The summed E-state index contributed by atoms with van der Waals surface area (Å²) in [6.07, 6.45) is 3.79. The Hall–Kier alpha value is -2.27. The summed E-state index contributed by atoms with van der Waals surface area (Å²) in [6, 6.07) is 8.02. The molecule has 1 heterocycles. The number of anilines is 1. The molecule has 0 aliphatic heterocycles. The van der Waals surface area contributed by atoms with Crippen molar-refractivity contribution in [2.24, 2.45) is 5.92 Å². The normalized spacial score (nSPS) is 20.1. The molecule has 1 fully saturated rings. The zero-order valence-corrected chi connectivity index (χ0v) is 11.3. The quantitative estimate of drug-likeness (QED) is 0.907. The van der Waals surface area contributed by atoms with Crippen LogP contribution in [0.25, 0.3) is 0 Å². The molecule has 1 aliphatic rings. The maximum Gasteiger partial charge on any atom is 0.228 e. The third kappa shape index (κ3) is 2.92. The van der Waals surface area contributed by atoms with Crippen molar-refractivity contribution in [1.29, 1.82) is 0 Å². The van der Waals surface area contributed by atoms with Crippen LogP contribution in [0.1, 0.15) is 23.5 Å². The Kier molecular flexibility index (Phi) is 3.66. The Balaban J connectivity index is 1.68. The van der Waals surface area contributed by atoms with Gasteiger partial charge in [0.1, 0.15) is 5.82 Å². The van der Waals surface area contributed by atoms with E-state index in [-0.39, 0.29) is 30.2 Å². The number of hydrogen-bond donors (Lipinski definition) is 2. The second-order valence-corrected chi connectivity index (χ2v) is 5.18. The van der Waals surface area contributed by atoms with Gasteiger partial charge in [-0.15, -0.1) is 0 Å². The molecular formula is C16H15FN2O2. The molecule has 1 amide bonds. The van der Waals surface area contributed by atoms with Crippen LogP contribution in [0.4, 0.5) is 10.1 Å². The summed E-state index contributed by atoms with van der Waals surface area (Å²) in [7, 11) is 0. The van der Waals surface area contributed by atoms with Gasteiger partial charge in [-0.3, -0.25) is 9.78 Å². The molecule has 1 aliphatic carbocycles.